The molecule has 1 aromatic rings. The lowest BCUT2D eigenvalue weighted by Crippen LogP contribution is -2.37. The van der Waals surface area contributed by atoms with E-state index in [1.54, 1.807) is 0 Å². The second-order valence-electron chi connectivity index (χ2n) is 12.2. The van der Waals surface area contributed by atoms with Gasteiger partial charge < -0.3 is 9.26 Å². The average Bonchev–Trinajstić information content (AvgIpc) is 2.80. The SMILES string of the molecule is COP(=O)(O)Oc1c(C)c(C)c2c(c1C)CC[C@](C)(CCC[C@@H](C)CCC[C@@H](C)CCCC(C)C)O2. The van der Waals surface area contributed by atoms with Crippen LogP contribution in [-0.2, 0) is 15.5 Å². The molecule has 2 rings (SSSR count). The van der Waals surface area contributed by atoms with Crippen LogP contribution in [0.25, 0.3) is 0 Å². The van der Waals surface area contributed by atoms with Gasteiger partial charge in [0.1, 0.15) is 17.1 Å². The molecule has 0 spiro atoms. The molecule has 0 saturated heterocycles. The van der Waals surface area contributed by atoms with Crippen LogP contribution in [-0.4, -0.2) is 17.6 Å². The molecule has 0 aromatic heterocycles. The number of rotatable bonds is 15. The summed E-state index contributed by atoms with van der Waals surface area (Å²) in [6, 6.07) is 0. The Morgan fingerprint density at radius 3 is 2.03 bits per heavy atom. The summed E-state index contributed by atoms with van der Waals surface area (Å²) in [7, 11) is -2.94. The fourth-order valence-electron chi connectivity index (χ4n) is 5.55. The van der Waals surface area contributed by atoms with E-state index < -0.39 is 7.82 Å². The number of hydrogen-bond acceptors (Lipinski definition) is 4. The molecule has 5 nitrogen and oxygen atoms in total. The molecule has 0 radical (unpaired) electrons. The van der Waals surface area contributed by atoms with E-state index in [2.05, 4.69) is 39.1 Å². The summed E-state index contributed by atoms with van der Waals surface area (Å²) >= 11 is 0. The summed E-state index contributed by atoms with van der Waals surface area (Å²) in [6.45, 7) is 17.6. The van der Waals surface area contributed by atoms with Crippen molar-refractivity contribution in [3.8, 4) is 11.5 Å². The van der Waals surface area contributed by atoms with E-state index >= 15 is 0 Å². The lowest BCUT2D eigenvalue weighted by molar-refractivity contribution is 0.0512. The second kappa shape index (κ2) is 13.7. The Hall–Kier alpha value is -1.03. The van der Waals surface area contributed by atoms with E-state index in [9.17, 15) is 9.46 Å². The van der Waals surface area contributed by atoms with E-state index in [1.807, 2.05) is 20.8 Å². The summed E-state index contributed by atoms with van der Waals surface area (Å²) in [5, 5.41) is 0. The van der Waals surface area contributed by atoms with Crippen LogP contribution in [0.4, 0.5) is 0 Å². The quantitative estimate of drug-likeness (QED) is 0.232. The van der Waals surface area contributed by atoms with Crippen LogP contribution in [0.2, 0.25) is 0 Å². The largest absolute Gasteiger partial charge is 0.527 e. The first-order valence-electron chi connectivity index (χ1n) is 14.2. The molecular formula is C30H53O5P. The summed E-state index contributed by atoms with van der Waals surface area (Å²) in [5.41, 5.74) is 3.58. The maximum Gasteiger partial charge on any atom is 0.527 e. The minimum atomic E-state index is -4.12. The van der Waals surface area contributed by atoms with Gasteiger partial charge in [-0.1, -0.05) is 72.6 Å². The first kappa shape index (κ1) is 31.2. The Bertz CT molecular complexity index is 896. The van der Waals surface area contributed by atoms with Crippen LogP contribution in [0.1, 0.15) is 121 Å². The van der Waals surface area contributed by atoms with Crippen molar-refractivity contribution in [3.63, 3.8) is 0 Å². The van der Waals surface area contributed by atoms with E-state index in [-0.39, 0.29) is 5.60 Å². The zero-order chi connectivity index (χ0) is 27.1. The Balaban J connectivity index is 1.87. The lowest BCUT2D eigenvalue weighted by atomic mass is 9.84. The molecule has 0 amide bonds. The summed E-state index contributed by atoms with van der Waals surface area (Å²) in [5.74, 6) is 3.80. The first-order valence-corrected chi connectivity index (χ1v) is 15.7. The van der Waals surface area contributed by atoms with Gasteiger partial charge in [0, 0.05) is 12.7 Å². The third kappa shape index (κ3) is 9.07. The van der Waals surface area contributed by atoms with Crippen molar-refractivity contribution < 1.29 is 23.2 Å². The molecule has 1 aliphatic rings. The van der Waals surface area contributed by atoms with Gasteiger partial charge in [-0.05, 0) is 87.8 Å². The molecule has 0 bridgehead atoms. The summed E-state index contributed by atoms with van der Waals surface area (Å²) in [6.07, 6.45) is 13.4. The number of ether oxygens (including phenoxy) is 1. The Morgan fingerprint density at radius 2 is 1.47 bits per heavy atom. The maximum absolute atomic E-state index is 12.1. The third-order valence-corrected chi connectivity index (χ3v) is 9.15. The van der Waals surface area contributed by atoms with Crippen molar-refractivity contribution >= 4 is 7.82 Å². The molecular weight excluding hydrogens is 471 g/mol. The predicted molar refractivity (Wildman–Crippen MR) is 150 cm³/mol. The van der Waals surface area contributed by atoms with Gasteiger partial charge in [-0.3, -0.25) is 9.42 Å². The average molecular weight is 525 g/mol. The van der Waals surface area contributed by atoms with Crippen molar-refractivity contribution in [2.45, 2.75) is 132 Å². The van der Waals surface area contributed by atoms with Crippen molar-refractivity contribution in [2.24, 2.45) is 17.8 Å². The minimum absolute atomic E-state index is 0.178. The molecule has 6 heteroatoms. The predicted octanol–water partition coefficient (Wildman–Crippen LogP) is 9.26. The molecule has 1 aliphatic heterocycles. The van der Waals surface area contributed by atoms with Gasteiger partial charge in [-0.15, -0.1) is 0 Å². The molecule has 1 aromatic carbocycles. The van der Waals surface area contributed by atoms with Gasteiger partial charge in [0.25, 0.3) is 0 Å². The molecule has 208 valence electrons. The first-order chi connectivity index (χ1) is 16.8. The molecule has 36 heavy (non-hydrogen) atoms. The maximum atomic E-state index is 12.1. The van der Waals surface area contributed by atoms with Crippen molar-refractivity contribution in [2.75, 3.05) is 7.11 Å². The second-order valence-corrected chi connectivity index (χ2v) is 13.6. The van der Waals surface area contributed by atoms with Gasteiger partial charge in [-0.25, -0.2) is 4.57 Å². The molecule has 1 heterocycles. The monoisotopic (exact) mass is 524 g/mol. The fourth-order valence-corrected chi connectivity index (χ4v) is 6.13. The van der Waals surface area contributed by atoms with Crippen LogP contribution in [0.5, 0.6) is 11.5 Å². The number of phosphoric acid groups is 1. The van der Waals surface area contributed by atoms with Gasteiger partial charge in [0.15, 0.2) is 0 Å². The van der Waals surface area contributed by atoms with Crippen LogP contribution in [0.3, 0.4) is 0 Å². The van der Waals surface area contributed by atoms with E-state index in [0.29, 0.717) is 5.75 Å². The van der Waals surface area contributed by atoms with Crippen molar-refractivity contribution in [3.05, 3.63) is 22.3 Å². The third-order valence-electron chi connectivity index (χ3n) is 8.28. The molecule has 0 fully saturated rings. The highest BCUT2D eigenvalue weighted by molar-refractivity contribution is 7.47. The number of hydrogen-bond donors (Lipinski definition) is 1. The Labute approximate surface area is 221 Å². The number of phosphoric ester groups is 1. The van der Waals surface area contributed by atoms with E-state index in [4.69, 9.17) is 9.26 Å². The molecule has 0 aliphatic carbocycles. The van der Waals surface area contributed by atoms with Gasteiger partial charge in [0.2, 0.25) is 0 Å². The zero-order valence-electron chi connectivity index (χ0n) is 24.5. The van der Waals surface area contributed by atoms with Crippen molar-refractivity contribution in [1.82, 2.24) is 0 Å². The van der Waals surface area contributed by atoms with Crippen LogP contribution in [0, 0.1) is 38.5 Å². The lowest BCUT2D eigenvalue weighted by Gasteiger charge is -2.38. The fraction of sp³-hybridized carbons (Fsp3) is 0.800. The van der Waals surface area contributed by atoms with E-state index in [0.717, 1.165) is 65.0 Å². The van der Waals surface area contributed by atoms with Crippen molar-refractivity contribution in [1.29, 1.82) is 0 Å². The Morgan fingerprint density at radius 1 is 0.917 bits per heavy atom. The highest BCUT2D eigenvalue weighted by Crippen LogP contribution is 2.50. The molecule has 0 saturated carbocycles. The van der Waals surface area contributed by atoms with Crippen LogP contribution < -0.4 is 9.26 Å². The van der Waals surface area contributed by atoms with Crippen LogP contribution in [0.15, 0.2) is 0 Å². The topological polar surface area (TPSA) is 65.0 Å². The highest BCUT2D eigenvalue weighted by atomic mass is 31.2. The number of benzene rings is 1. The van der Waals surface area contributed by atoms with Crippen LogP contribution >= 0.6 is 7.82 Å². The highest BCUT2D eigenvalue weighted by Gasteiger charge is 2.35. The smallest absolute Gasteiger partial charge is 0.487 e. The normalized spacial score (nSPS) is 21.0. The standard InChI is InChI=1S/C30H53O5P/c1-21(2)13-10-14-22(3)15-11-16-23(4)17-12-19-30(8)20-18-27-26(7)28(35-36(31,32)33-9)24(5)25(6)29(27)34-30/h21-23H,10-20H2,1-9H3,(H,31,32)/t22-,23-,30-/m0/s1. The minimum Gasteiger partial charge on any atom is -0.487 e. The number of fused-ring (bicyclic) bond motifs is 1. The summed E-state index contributed by atoms with van der Waals surface area (Å²) in [4.78, 5) is 9.86. The van der Waals surface area contributed by atoms with Gasteiger partial charge in [0.05, 0.1) is 0 Å². The molecule has 1 N–H and O–H groups in total. The van der Waals surface area contributed by atoms with Gasteiger partial charge in [-0.2, -0.15) is 0 Å². The summed E-state index contributed by atoms with van der Waals surface area (Å²) < 4.78 is 28.8. The van der Waals surface area contributed by atoms with E-state index in [1.165, 1.54) is 58.5 Å². The Kier molecular flexibility index (Phi) is 11.8. The molecule has 4 atom stereocenters. The van der Waals surface area contributed by atoms with Gasteiger partial charge >= 0.3 is 7.82 Å². The molecule has 1 unspecified atom stereocenters. The zero-order valence-corrected chi connectivity index (χ0v) is 25.4.